The summed E-state index contributed by atoms with van der Waals surface area (Å²) in [7, 11) is 1.45. The SMILES string of the molecule is CNC(=O)C(C)NC(=O)Nc1ccc(Br)cc1C(=O)O. The van der Waals surface area contributed by atoms with Crippen LogP contribution in [-0.2, 0) is 4.79 Å². The number of halogens is 1. The van der Waals surface area contributed by atoms with Gasteiger partial charge in [-0.3, -0.25) is 4.79 Å². The van der Waals surface area contributed by atoms with Crippen molar-refractivity contribution in [3.8, 4) is 0 Å². The van der Waals surface area contributed by atoms with E-state index in [1.54, 1.807) is 6.07 Å². The molecule has 0 spiro atoms. The van der Waals surface area contributed by atoms with Crippen molar-refractivity contribution in [2.75, 3.05) is 12.4 Å². The minimum absolute atomic E-state index is 0.0536. The van der Waals surface area contributed by atoms with Crippen LogP contribution >= 0.6 is 15.9 Å². The molecule has 1 aromatic rings. The molecule has 0 aliphatic carbocycles. The quantitative estimate of drug-likeness (QED) is 0.662. The summed E-state index contributed by atoms with van der Waals surface area (Å²) in [6, 6.07) is 3.04. The highest BCUT2D eigenvalue weighted by atomic mass is 79.9. The summed E-state index contributed by atoms with van der Waals surface area (Å²) < 4.78 is 0.583. The van der Waals surface area contributed by atoms with Crippen LogP contribution in [0.15, 0.2) is 22.7 Å². The third-order valence-corrected chi connectivity index (χ3v) is 2.94. The van der Waals surface area contributed by atoms with E-state index in [4.69, 9.17) is 5.11 Å². The minimum Gasteiger partial charge on any atom is -0.478 e. The van der Waals surface area contributed by atoms with E-state index in [1.807, 2.05) is 0 Å². The fourth-order valence-electron chi connectivity index (χ4n) is 1.44. The molecule has 0 fully saturated rings. The van der Waals surface area contributed by atoms with Crippen molar-refractivity contribution in [3.63, 3.8) is 0 Å². The molecule has 1 atom stereocenters. The first-order valence-corrected chi connectivity index (χ1v) is 6.46. The number of carboxylic acids is 1. The Kier molecular flexibility index (Phi) is 5.51. The molecule has 7 nitrogen and oxygen atoms in total. The molecular weight excluding hydrogens is 330 g/mol. The third kappa shape index (κ3) is 4.23. The first kappa shape index (κ1) is 16.0. The number of aromatic carboxylic acids is 1. The minimum atomic E-state index is -1.17. The largest absolute Gasteiger partial charge is 0.478 e. The summed E-state index contributed by atoms with van der Waals surface area (Å²) in [5.74, 6) is -1.52. The Morgan fingerprint density at radius 2 is 1.95 bits per heavy atom. The Hall–Kier alpha value is -2.09. The van der Waals surface area contributed by atoms with E-state index in [2.05, 4.69) is 31.9 Å². The van der Waals surface area contributed by atoms with Crippen LogP contribution in [0.5, 0.6) is 0 Å². The topological polar surface area (TPSA) is 108 Å². The molecule has 0 heterocycles. The number of hydrogen-bond acceptors (Lipinski definition) is 3. The van der Waals surface area contributed by atoms with Crippen molar-refractivity contribution < 1.29 is 19.5 Å². The van der Waals surface area contributed by atoms with Gasteiger partial charge < -0.3 is 21.1 Å². The highest BCUT2D eigenvalue weighted by Crippen LogP contribution is 2.21. The van der Waals surface area contributed by atoms with Crippen LogP contribution in [-0.4, -0.2) is 36.1 Å². The van der Waals surface area contributed by atoms with E-state index >= 15 is 0 Å². The molecular formula is C12H14BrN3O4. The van der Waals surface area contributed by atoms with E-state index in [0.717, 1.165) is 0 Å². The fourth-order valence-corrected chi connectivity index (χ4v) is 1.80. The summed E-state index contributed by atoms with van der Waals surface area (Å²) in [6.07, 6.45) is 0. The number of carboxylic acid groups (broad SMARTS) is 1. The van der Waals surface area contributed by atoms with E-state index in [-0.39, 0.29) is 17.2 Å². The number of nitrogens with one attached hydrogen (secondary N) is 3. The van der Waals surface area contributed by atoms with Gasteiger partial charge in [-0.15, -0.1) is 0 Å². The van der Waals surface area contributed by atoms with Crippen LogP contribution in [0.4, 0.5) is 10.5 Å². The molecule has 1 rings (SSSR count). The van der Waals surface area contributed by atoms with E-state index in [9.17, 15) is 14.4 Å². The molecule has 1 aromatic carbocycles. The van der Waals surface area contributed by atoms with Gasteiger partial charge in [0.15, 0.2) is 0 Å². The molecule has 0 aliphatic rings. The van der Waals surface area contributed by atoms with Crippen molar-refractivity contribution in [2.24, 2.45) is 0 Å². The lowest BCUT2D eigenvalue weighted by Crippen LogP contribution is -2.45. The number of carbonyl (C=O) groups is 3. The van der Waals surface area contributed by atoms with Crippen LogP contribution in [0.3, 0.4) is 0 Å². The smallest absolute Gasteiger partial charge is 0.337 e. The highest BCUT2D eigenvalue weighted by molar-refractivity contribution is 9.10. The number of likely N-dealkylation sites (N-methyl/N-ethyl adjacent to an activating group) is 1. The van der Waals surface area contributed by atoms with Gasteiger partial charge in [-0.1, -0.05) is 15.9 Å². The monoisotopic (exact) mass is 343 g/mol. The number of amides is 3. The van der Waals surface area contributed by atoms with Crippen molar-refractivity contribution >= 4 is 39.5 Å². The number of benzene rings is 1. The zero-order chi connectivity index (χ0) is 15.3. The first-order chi connectivity index (χ1) is 9.35. The van der Waals surface area contributed by atoms with Crippen molar-refractivity contribution in [3.05, 3.63) is 28.2 Å². The molecule has 3 amide bonds. The standard InChI is InChI=1S/C12H14BrN3O4/c1-6(10(17)14-2)15-12(20)16-9-4-3-7(13)5-8(9)11(18)19/h3-6H,1-2H3,(H,14,17)(H,18,19)(H2,15,16,20). The van der Waals surface area contributed by atoms with Crippen LogP contribution in [0.25, 0.3) is 0 Å². The summed E-state index contributed by atoms with van der Waals surface area (Å²) in [4.78, 5) is 34.0. The molecule has 1 unspecified atom stereocenters. The van der Waals surface area contributed by atoms with Crippen LogP contribution in [0.1, 0.15) is 17.3 Å². The Bertz CT molecular complexity index is 548. The van der Waals surface area contributed by atoms with Crippen LogP contribution in [0.2, 0.25) is 0 Å². The number of carbonyl (C=O) groups excluding carboxylic acids is 2. The molecule has 0 radical (unpaired) electrons. The molecule has 0 saturated heterocycles. The predicted molar refractivity (Wildman–Crippen MR) is 76.8 cm³/mol. The van der Waals surface area contributed by atoms with Gasteiger partial charge in [0.05, 0.1) is 11.3 Å². The lowest BCUT2D eigenvalue weighted by molar-refractivity contribution is -0.122. The molecule has 0 saturated carbocycles. The second-order valence-electron chi connectivity index (χ2n) is 3.93. The Morgan fingerprint density at radius 3 is 2.50 bits per heavy atom. The fraction of sp³-hybridized carbons (Fsp3) is 0.250. The maximum atomic E-state index is 11.7. The number of rotatable bonds is 4. The van der Waals surface area contributed by atoms with Gasteiger partial charge in [0.25, 0.3) is 0 Å². The van der Waals surface area contributed by atoms with Gasteiger partial charge in [-0.05, 0) is 25.1 Å². The molecule has 0 aliphatic heterocycles. The number of urea groups is 1. The van der Waals surface area contributed by atoms with Crippen LogP contribution in [0, 0.1) is 0 Å². The second-order valence-corrected chi connectivity index (χ2v) is 4.85. The van der Waals surface area contributed by atoms with Gasteiger partial charge in [0.1, 0.15) is 6.04 Å². The van der Waals surface area contributed by atoms with Crippen molar-refractivity contribution in [1.82, 2.24) is 10.6 Å². The number of hydrogen-bond donors (Lipinski definition) is 4. The summed E-state index contributed by atoms with van der Waals surface area (Å²) in [5.41, 5.74) is 0.0874. The molecule has 0 bridgehead atoms. The maximum Gasteiger partial charge on any atom is 0.337 e. The highest BCUT2D eigenvalue weighted by Gasteiger charge is 2.16. The summed E-state index contributed by atoms with van der Waals surface area (Å²) >= 11 is 3.15. The summed E-state index contributed by atoms with van der Waals surface area (Å²) in [5, 5.41) is 16.2. The lowest BCUT2D eigenvalue weighted by Gasteiger charge is -2.14. The van der Waals surface area contributed by atoms with Gasteiger partial charge in [0.2, 0.25) is 5.91 Å². The van der Waals surface area contributed by atoms with Gasteiger partial charge in [-0.25, -0.2) is 9.59 Å². The molecule has 4 N–H and O–H groups in total. The van der Waals surface area contributed by atoms with Gasteiger partial charge >= 0.3 is 12.0 Å². The Balaban J connectivity index is 2.81. The zero-order valence-corrected chi connectivity index (χ0v) is 12.4. The zero-order valence-electron chi connectivity index (χ0n) is 10.9. The van der Waals surface area contributed by atoms with Gasteiger partial charge in [0, 0.05) is 11.5 Å². The average molecular weight is 344 g/mol. The van der Waals surface area contributed by atoms with E-state index in [1.165, 1.54) is 26.1 Å². The maximum absolute atomic E-state index is 11.7. The van der Waals surface area contributed by atoms with Crippen molar-refractivity contribution in [1.29, 1.82) is 0 Å². The third-order valence-electron chi connectivity index (χ3n) is 2.45. The Labute approximate surface area is 123 Å². The van der Waals surface area contributed by atoms with Crippen molar-refractivity contribution in [2.45, 2.75) is 13.0 Å². The molecule has 0 aromatic heterocycles. The van der Waals surface area contributed by atoms with Gasteiger partial charge in [-0.2, -0.15) is 0 Å². The van der Waals surface area contributed by atoms with Crippen LogP contribution < -0.4 is 16.0 Å². The normalized spacial score (nSPS) is 11.3. The molecule has 8 heteroatoms. The predicted octanol–water partition coefficient (Wildman–Crippen LogP) is 1.40. The molecule has 108 valence electrons. The van der Waals surface area contributed by atoms with E-state index in [0.29, 0.717) is 4.47 Å². The average Bonchev–Trinajstić information content (AvgIpc) is 2.39. The number of anilines is 1. The first-order valence-electron chi connectivity index (χ1n) is 5.67. The lowest BCUT2D eigenvalue weighted by atomic mass is 10.2. The second kappa shape index (κ2) is 6.90. The summed E-state index contributed by atoms with van der Waals surface area (Å²) in [6.45, 7) is 1.51. The molecule has 20 heavy (non-hydrogen) atoms. The van der Waals surface area contributed by atoms with E-state index < -0.39 is 18.0 Å². The Morgan fingerprint density at radius 1 is 1.30 bits per heavy atom.